The van der Waals surface area contributed by atoms with E-state index in [0.29, 0.717) is 0 Å². The third-order valence-corrected chi connectivity index (χ3v) is 6.05. The Labute approximate surface area is 207 Å². The maximum Gasteiger partial charge on any atom is 0.191 e. The summed E-state index contributed by atoms with van der Waals surface area (Å²) in [6.07, 6.45) is 3.51. The van der Waals surface area contributed by atoms with E-state index in [1.807, 2.05) is 26.1 Å². The molecule has 0 saturated carbocycles. The fourth-order valence-corrected chi connectivity index (χ4v) is 4.43. The van der Waals surface area contributed by atoms with Crippen LogP contribution < -0.4 is 10.6 Å². The number of nitrogens with one attached hydrogen (secondary N) is 2. The van der Waals surface area contributed by atoms with Crippen LogP contribution in [0, 0.1) is 13.8 Å². The molecule has 1 aliphatic rings. The van der Waals surface area contributed by atoms with Crippen LogP contribution in [0.2, 0.25) is 0 Å². The Hall–Kier alpha value is -2.07. The Kier molecular flexibility index (Phi) is 8.98. The van der Waals surface area contributed by atoms with Crippen LogP contribution in [-0.4, -0.2) is 53.6 Å². The van der Waals surface area contributed by atoms with Crippen LogP contribution in [0.25, 0.3) is 11.0 Å². The number of imidazole rings is 1. The lowest BCUT2D eigenvalue weighted by Crippen LogP contribution is -2.43. The van der Waals surface area contributed by atoms with Gasteiger partial charge in [-0.3, -0.25) is 9.89 Å². The Morgan fingerprint density at radius 2 is 1.91 bits per heavy atom. The van der Waals surface area contributed by atoms with Gasteiger partial charge in [-0.05, 0) is 70.5 Å². The molecule has 1 unspecified atom stereocenters. The number of hydrogen-bond acceptors (Lipinski definition) is 4. The van der Waals surface area contributed by atoms with E-state index < -0.39 is 0 Å². The van der Waals surface area contributed by atoms with Gasteiger partial charge in [-0.15, -0.1) is 24.0 Å². The number of likely N-dealkylation sites (tertiary alicyclic amines) is 1. The summed E-state index contributed by atoms with van der Waals surface area (Å²) in [6, 6.07) is 12.7. The van der Waals surface area contributed by atoms with Crippen molar-refractivity contribution in [2.45, 2.75) is 45.7 Å². The highest BCUT2D eigenvalue weighted by Crippen LogP contribution is 2.26. The van der Waals surface area contributed by atoms with Crippen molar-refractivity contribution in [1.29, 1.82) is 0 Å². The summed E-state index contributed by atoms with van der Waals surface area (Å²) in [7, 11) is 1.82. The molecule has 3 heterocycles. The third kappa shape index (κ3) is 5.83. The molecule has 0 amide bonds. The number of furan rings is 1. The molecule has 2 aromatic heterocycles. The van der Waals surface area contributed by atoms with Gasteiger partial charge in [0.2, 0.25) is 0 Å². The largest absolute Gasteiger partial charge is 0.465 e. The standard InChI is InChI=1S/C24H34N6O.HI/c1-18-11-12-23(31-18)22(29-14-6-7-15-29)17-27-24(25-3)26-13-8-16-30-19(2)28-20-9-4-5-10-21(20)30;/h4-5,9-12,22H,6-8,13-17H2,1-3H3,(H2,25,26,27);1H. The maximum atomic E-state index is 5.96. The predicted octanol–water partition coefficient (Wildman–Crippen LogP) is 4.26. The summed E-state index contributed by atoms with van der Waals surface area (Å²) >= 11 is 0. The number of halogens is 1. The molecule has 1 atom stereocenters. The summed E-state index contributed by atoms with van der Waals surface area (Å²) < 4.78 is 8.25. The molecule has 8 heteroatoms. The minimum Gasteiger partial charge on any atom is -0.465 e. The molecule has 0 aliphatic carbocycles. The molecule has 7 nitrogen and oxygen atoms in total. The fraction of sp³-hybridized carbons (Fsp3) is 0.500. The zero-order valence-corrected chi connectivity index (χ0v) is 21.6. The van der Waals surface area contributed by atoms with Crippen molar-refractivity contribution in [1.82, 2.24) is 25.1 Å². The van der Waals surface area contributed by atoms with Crippen LogP contribution >= 0.6 is 24.0 Å². The Morgan fingerprint density at radius 3 is 2.62 bits per heavy atom. The van der Waals surface area contributed by atoms with Crippen molar-refractivity contribution < 1.29 is 4.42 Å². The molecule has 3 aromatic rings. The van der Waals surface area contributed by atoms with Gasteiger partial charge in [0.25, 0.3) is 0 Å². The number of aryl methyl sites for hydroxylation is 3. The lowest BCUT2D eigenvalue weighted by Gasteiger charge is -2.26. The molecular weight excluding hydrogens is 515 g/mol. The summed E-state index contributed by atoms with van der Waals surface area (Å²) in [5.41, 5.74) is 2.26. The minimum atomic E-state index is 0. The quantitative estimate of drug-likeness (QED) is 0.190. The minimum absolute atomic E-state index is 0. The zero-order valence-electron chi connectivity index (χ0n) is 19.3. The number of para-hydroxylation sites is 2. The molecule has 174 valence electrons. The van der Waals surface area contributed by atoms with Gasteiger partial charge in [0.1, 0.15) is 17.3 Å². The van der Waals surface area contributed by atoms with E-state index in [4.69, 9.17) is 4.42 Å². The molecule has 0 spiro atoms. The molecule has 1 aromatic carbocycles. The van der Waals surface area contributed by atoms with Crippen LogP contribution in [0.3, 0.4) is 0 Å². The monoisotopic (exact) mass is 550 g/mol. The second-order valence-electron chi connectivity index (χ2n) is 8.24. The van der Waals surface area contributed by atoms with Crippen LogP contribution in [0.5, 0.6) is 0 Å². The summed E-state index contributed by atoms with van der Waals surface area (Å²) in [4.78, 5) is 11.6. The van der Waals surface area contributed by atoms with Gasteiger partial charge in [-0.2, -0.15) is 0 Å². The van der Waals surface area contributed by atoms with Crippen molar-refractivity contribution >= 4 is 41.0 Å². The number of rotatable bonds is 8. The highest BCUT2D eigenvalue weighted by Gasteiger charge is 2.26. The van der Waals surface area contributed by atoms with Crippen molar-refractivity contribution in [2.75, 3.05) is 33.2 Å². The summed E-state index contributed by atoms with van der Waals surface area (Å²) in [5.74, 6) is 3.89. The number of nitrogens with zero attached hydrogens (tertiary/aromatic N) is 4. The maximum absolute atomic E-state index is 5.96. The van der Waals surface area contributed by atoms with Gasteiger partial charge >= 0.3 is 0 Å². The van der Waals surface area contributed by atoms with Crippen LogP contribution in [0.4, 0.5) is 0 Å². The molecule has 32 heavy (non-hydrogen) atoms. The van der Waals surface area contributed by atoms with E-state index >= 15 is 0 Å². The highest BCUT2D eigenvalue weighted by molar-refractivity contribution is 14.0. The molecule has 2 N–H and O–H groups in total. The molecule has 0 bridgehead atoms. The number of aromatic nitrogens is 2. The first-order valence-corrected chi connectivity index (χ1v) is 11.3. The summed E-state index contributed by atoms with van der Waals surface area (Å²) in [6.45, 7) is 8.87. The first-order chi connectivity index (χ1) is 15.2. The smallest absolute Gasteiger partial charge is 0.191 e. The number of guanidine groups is 1. The number of aliphatic imine (C=N–C) groups is 1. The van der Waals surface area contributed by atoms with E-state index in [1.54, 1.807) is 0 Å². The van der Waals surface area contributed by atoms with E-state index in [0.717, 1.165) is 68.0 Å². The van der Waals surface area contributed by atoms with Gasteiger partial charge < -0.3 is 19.6 Å². The normalized spacial score (nSPS) is 15.7. The van der Waals surface area contributed by atoms with Gasteiger partial charge in [0.05, 0.1) is 17.1 Å². The van der Waals surface area contributed by atoms with Gasteiger partial charge in [0, 0.05) is 26.7 Å². The second kappa shape index (κ2) is 11.7. The molecule has 1 saturated heterocycles. The molecule has 1 aliphatic heterocycles. The average Bonchev–Trinajstić information content (AvgIpc) is 3.51. The van der Waals surface area contributed by atoms with E-state index in [1.165, 1.54) is 18.4 Å². The van der Waals surface area contributed by atoms with E-state index in [9.17, 15) is 0 Å². The van der Waals surface area contributed by atoms with Gasteiger partial charge in [-0.1, -0.05) is 12.1 Å². The van der Waals surface area contributed by atoms with Crippen molar-refractivity contribution in [3.63, 3.8) is 0 Å². The second-order valence-corrected chi connectivity index (χ2v) is 8.24. The molecule has 4 rings (SSSR count). The molecule has 1 fully saturated rings. The van der Waals surface area contributed by atoms with Crippen LogP contribution in [-0.2, 0) is 6.54 Å². The zero-order chi connectivity index (χ0) is 21.6. The number of benzene rings is 1. The highest BCUT2D eigenvalue weighted by atomic mass is 127. The SMILES string of the molecule is CN=C(NCCCn1c(C)nc2ccccc21)NCC(c1ccc(C)o1)N1CCCC1.I. The molecular formula is C24H35IN6O. The Balaban J connectivity index is 0.00000289. The van der Waals surface area contributed by atoms with E-state index in [2.05, 4.69) is 61.3 Å². The van der Waals surface area contributed by atoms with Gasteiger partial charge in [0.15, 0.2) is 5.96 Å². The molecule has 0 radical (unpaired) electrons. The predicted molar refractivity (Wildman–Crippen MR) is 141 cm³/mol. The lowest BCUT2D eigenvalue weighted by molar-refractivity contribution is 0.213. The number of hydrogen-bond donors (Lipinski definition) is 2. The number of fused-ring (bicyclic) bond motifs is 1. The summed E-state index contributed by atoms with van der Waals surface area (Å²) in [5, 5.41) is 6.96. The Morgan fingerprint density at radius 1 is 1.12 bits per heavy atom. The Bertz CT molecular complexity index is 1020. The van der Waals surface area contributed by atoms with Gasteiger partial charge in [-0.25, -0.2) is 4.98 Å². The first kappa shape index (κ1) is 24.6. The van der Waals surface area contributed by atoms with E-state index in [-0.39, 0.29) is 30.0 Å². The van der Waals surface area contributed by atoms with Crippen molar-refractivity contribution in [3.05, 3.63) is 53.7 Å². The first-order valence-electron chi connectivity index (χ1n) is 11.3. The average molecular weight is 550 g/mol. The van der Waals surface area contributed by atoms with Crippen LogP contribution in [0.15, 0.2) is 45.8 Å². The third-order valence-electron chi connectivity index (χ3n) is 6.05. The van der Waals surface area contributed by atoms with Crippen molar-refractivity contribution in [3.8, 4) is 0 Å². The lowest BCUT2D eigenvalue weighted by atomic mass is 10.2. The fourth-order valence-electron chi connectivity index (χ4n) is 4.43. The topological polar surface area (TPSA) is 70.6 Å². The van der Waals surface area contributed by atoms with Crippen molar-refractivity contribution in [2.24, 2.45) is 4.99 Å². The van der Waals surface area contributed by atoms with Crippen LogP contribution in [0.1, 0.15) is 42.6 Å².